The Balaban J connectivity index is 2.68. The van der Waals surface area contributed by atoms with Gasteiger partial charge in [-0.25, -0.2) is 8.78 Å². The molecule has 1 unspecified atom stereocenters. The molecule has 1 N–H and O–H groups in total. The molecule has 0 saturated heterocycles. The Kier molecular flexibility index (Phi) is 5.05. The maximum atomic E-state index is 13.0. The fraction of sp³-hybridized carbons (Fsp3) is 0.500. The van der Waals surface area contributed by atoms with Crippen LogP contribution in [0.25, 0.3) is 0 Å². The van der Waals surface area contributed by atoms with Gasteiger partial charge in [0.2, 0.25) is 0 Å². The predicted octanol–water partition coefficient (Wildman–Crippen LogP) is 1.96. The van der Waals surface area contributed by atoms with E-state index < -0.39 is 23.3 Å². The molecule has 1 aromatic carbocycles. The van der Waals surface area contributed by atoms with Gasteiger partial charge in [0, 0.05) is 19.7 Å². The fourth-order valence-corrected chi connectivity index (χ4v) is 1.77. The van der Waals surface area contributed by atoms with E-state index in [1.807, 2.05) is 0 Å². The number of carbonyl (C=O) groups is 1. The van der Waals surface area contributed by atoms with Crippen molar-refractivity contribution in [3.8, 4) is 5.75 Å². The molecule has 6 heteroatoms. The highest BCUT2D eigenvalue weighted by Gasteiger charge is 2.24. The van der Waals surface area contributed by atoms with E-state index in [1.54, 1.807) is 13.8 Å². The molecule has 20 heavy (non-hydrogen) atoms. The second kappa shape index (κ2) is 6.17. The molecule has 1 atom stereocenters. The lowest BCUT2D eigenvalue weighted by atomic mass is 10.1. The summed E-state index contributed by atoms with van der Waals surface area (Å²) in [6, 6.07) is 3.07. The van der Waals surface area contributed by atoms with Crippen LogP contribution in [-0.4, -0.2) is 41.2 Å². The van der Waals surface area contributed by atoms with Gasteiger partial charge in [-0.1, -0.05) is 0 Å². The number of hydrogen-bond acceptors (Lipinski definition) is 3. The van der Waals surface area contributed by atoms with Gasteiger partial charge in [-0.15, -0.1) is 0 Å². The van der Waals surface area contributed by atoms with E-state index in [0.29, 0.717) is 0 Å². The molecule has 0 saturated carbocycles. The Morgan fingerprint density at radius 3 is 2.50 bits per heavy atom. The van der Waals surface area contributed by atoms with Gasteiger partial charge in [0.1, 0.15) is 5.75 Å². The van der Waals surface area contributed by atoms with Crippen molar-refractivity contribution < 1.29 is 23.4 Å². The van der Waals surface area contributed by atoms with Crippen LogP contribution in [0.1, 0.15) is 20.8 Å². The summed E-state index contributed by atoms with van der Waals surface area (Å²) >= 11 is 0. The molecule has 0 bridgehead atoms. The first kappa shape index (κ1) is 16.4. The minimum atomic E-state index is -1.04. The summed E-state index contributed by atoms with van der Waals surface area (Å²) in [5.41, 5.74) is -1.02. The van der Waals surface area contributed by atoms with E-state index >= 15 is 0 Å². The molecule has 1 aromatic rings. The van der Waals surface area contributed by atoms with Crippen LogP contribution >= 0.6 is 0 Å². The number of nitrogens with zero attached hydrogens (tertiary/aromatic N) is 1. The van der Waals surface area contributed by atoms with Crippen molar-refractivity contribution in [3.05, 3.63) is 29.8 Å². The van der Waals surface area contributed by atoms with Crippen LogP contribution in [0.4, 0.5) is 8.78 Å². The van der Waals surface area contributed by atoms with E-state index in [4.69, 9.17) is 4.74 Å². The van der Waals surface area contributed by atoms with Gasteiger partial charge in [0.25, 0.3) is 5.91 Å². The van der Waals surface area contributed by atoms with Crippen molar-refractivity contribution in [2.75, 3.05) is 13.6 Å². The van der Waals surface area contributed by atoms with Crippen molar-refractivity contribution in [2.24, 2.45) is 0 Å². The molecule has 1 amide bonds. The summed E-state index contributed by atoms with van der Waals surface area (Å²) in [7, 11) is 1.53. The highest BCUT2D eigenvalue weighted by atomic mass is 19.2. The smallest absolute Gasteiger partial charge is 0.263 e. The van der Waals surface area contributed by atoms with Gasteiger partial charge < -0.3 is 14.7 Å². The molecule has 0 aliphatic heterocycles. The maximum absolute atomic E-state index is 13.0. The number of carbonyl (C=O) groups excluding carboxylic acids is 1. The zero-order valence-corrected chi connectivity index (χ0v) is 12.0. The van der Waals surface area contributed by atoms with Gasteiger partial charge in [-0.2, -0.15) is 0 Å². The van der Waals surface area contributed by atoms with Gasteiger partial charge in [0.15, 0.2) is 17.7 Å². The zero-order chi connectivity index (χ0) is 15.5. The van der Waals surface area contributed by atoms with Crippen LogP contribution in [-0.2, 0) is 4.79 Å². The summed E-state index contributed by atoms with van der Waals surface area (Å²) in [5, 5.41) is 9.65. The van der Waals surface area contributed by atoms with Crippen LogP contribution in [0.5, 0.6) is 5.75 Å². The predicted molar refractivity (Wildman–Crippen MR) is 70.4 cm³/mol. The Morgan fingerprint density at radius 2 is 2.00 bits per heavy atom. The van der Waals surface area contributed by atoms with Gasteiger partial charge in [-0.3, -0.25) is 4.79 Å². The third-order valence-electron chi connectivity index (χ3n) is 2.55. The van der Waals surface area contributed by atoms with Crippen molar-refractivity contribution in [2.45, 2.75) is 32.5 Å². The number of likely N-dealkylation sites (N-methyl/N-ethyl adjacent to an activating group) is 1. The van der Waals surface area contributed by atoms with E-state index in [9.17, 15) is 18.7 Å². The molecule has 0 radical (unpaired) electrons. The third kappa shape index (κ3) is 4.77. The van der Waals surface area contributed by atoms with Crippen molar-refractivity contribution in [1.29, 1.82) is 0 Å². The van der Waals surface area contributed by atoms with Gasteiger partial charge >= 0.3 is 0 Å². The topological polar surface area (TPSA) is 49.8 Å². The van der Waals surface area contributed by atoms with E-state index in [2.05, 4.69) is 0 Å². The summed E-state index contributed by atoms with van der Waals surface area (Å²) in [5.74, 6) is -2.30. The van der Waals surface area contributed by atoms with E-state index in [0.717, 1.165) is 12.1 Å². The monoisotopic (exact) mass is 287 g/mol. The molecular formula is C14H19F2NO3. The molecule has 0 aliphatic carbocycles. The Labute approximate surface area is 117 Å². The number of aliphatic hydroxyl groups is 1. The molecule has 112 valence electrons. The first-order valence-electron chi connectivity index (χ1n) is 6.19. The zero-order valence-electron chi connectivity index (χ0n) is 12.0. The summed E-state index contributed by atoms with van der Waals surface area (Å²) in [4.78, 5) is 13.3. The lowest BCUT2D eigenvalue weighted by Gasteiger charge is -2.27. The molecular weight excluding hydrogens is 268 g/mol. The van der Waals surface area contributed by atoms with E-state index in [-0.39, 0.29) is 18.2 Å². The lowest BCUT2D eigenvalue weighted by Crippen LogP contribution is -2.44. The Morgan fingerprint density at radius 1 is 1.40 bits per heavy atom. The average molecular weight is 287 g/mol. The number of benzene rings is 1. The molecule has 0 aromatic heterocycles. The minimum Gasteiger partial charge on any atom is -0.481 e. The molecule has 0 aliphatic rings. The highest BCUT2D eigenvalue weighted by molar-refractivity contribution is 5.80. The van der Waals surface area contributed by atoms with Crippen LogP contribution in [0, 0.1) is 11.6 Å². The van der Waals surface area contributed by atoms with Gasteiger partial charge in [-0.05, 0) is 32.9 Å². The maximum Gasteiger partial charge on any atom is 0.263 e. The van der Waals surface area contributed by atoms with E-state index in [1.165, 1.54) is 24.9 Å². The second-order valence-electron chi connectivity index (χ2n) is 5.34. The van der Waals surface area contributed by atoms with Crippen molar-refractivity contribution in [3.63, 3.8) is 0 Å². The SMILES string of the molecule is CC(Oc1ccc(F)c(F)c1)C(=O)N(C)CC(C)(C)O. The number of rotatable bonds is 5. The quantitative estimate of drug-likeness (QED) is 0.900. The number of amides is 1. The van der Waals surface area contributed by atoms with Crippen LogP contribution in [0.15, 0.2) is 18.2 Å². The number of hydrogen-bond donors (Lipinski definition) is 1. The minimum absolute atomic E-state index is 0.0707. The standard InChI is InChI=1S/C14H19F2NO3/c1-9(13(18)17(4)8-14(2,3)19)20-10-5-6-11(15)12(16)7-10/h5-7,9,19H,8H2,1-4H3. The molecule has 4 nitrogen and oxygen atoms in total. The summed E-state index contributed by atoms with van der Waals surface area (Å²) in [6.45, 7) is 4.80. The Hall–Kier alpha value is -1.69. The second-order valence-corrected chi connectivity index (χ2v) is 5.34. The molecule has 0 heterocycles. The first-order chi connectivity index (χ1) is 9.10. The Bertz CT molecular complexity index is 486. The average Bonchev–Trinajstić information content (AvgIpc) is 2.30. The summed E-state index contributed by atoms with van der Waals surface area (Å²) < 4.78 is 31.1. The lowest BCUT2D eigenvalue weighted by molar-refractivity contribution is -0.139. The normalized spacial score (nSPS) is 12.9. The first-order valence-corrected chi connectivity index (χ1v) is 6.19. The third-order valence-corrected chi connectivity index (χ3v) is 2.55. The largest absolute Gasteiger partial charge is 0.481 e. The van der Waals surface area contributed by atoms with Crippen LogP contribution in [0.3, 0.4) is 0 Å². The number of halogens is 2. The fourth-order valence-electron chi connectivity index (χ4n) is 1.77. The highest BCUT2D eigenvalue weighted by Crippen LogP contribution is 2.17. The molecule has 1 rings (SSSR count). The number of ether oxygens (including phenoxy) is 1. The van der Waals surface area contributed by atoms with Crippen molar-refractivity contribution in [1.82, 2.24) is 4.90 Å². The van der Waals surface area contributed by atoms with Crippen LogP contribution in [0.2, 0.25) is 0 Å². The van der Waals surface area contributed by atoms with Gasteiger partial charge in [0.05, 0.1) is 5.60 Å². The molecule has 0 fully saturated rings. The van der Waals surface area contributed by atoms with Crippen molar-refractivity contribution >= 4 is 5.91 Å². The molecule has 0 spiro atoms. The van der Waals surface area contributed by atoms with Crippen LogP contribution < -0.4 is 4.74 Å². The summed E-state index contributed by atoms with van der Waals surface area (Å²) in [6.07, 6.45) is -0.868.